The van der Waals surface area contributed by atoms with E-state index in [1.54, 1.807) is 0 Å². The minimum Gasteiger partial charge on any atom is -0.339 e. The van der Waals surface area contributed by atoms with Crippen LogP contribution >= 0.6 is 0 Å². The fraction of sp³-hybridized carbons (Fsp3) is 0.500. The number of aromatic nitrogens is 2. The first kappa shape index (κ1) is 16.6. The molecule has 2 aromatic rings. The number of amides is 1. The highest BCUT2D eigenvalue weighted by atomic mass is 16.5. The molecule has 0 saturated heterocycles. The molecular formula is C18H24N4O2. The second-order valence-electron chi connectivity index (χ2n) is 6.84. The van der Waals surface area contributed by atoms with Crippen molar-refractivity contribution in [2.45, 2.75) is 32.1 Å². The van der Waals surface area contributed by atoms with Crippen molar-refractivity contribution in [2.24, 2.45) is 5.92 Å². The van der Waals surface area contributed by atoms with E-state index in [1.165, 1.54) is 5.56 Å². The Balaban J connectivity index is 1.50. The SMILES string of the molecule is CC1CC1c1noc(CC(=O)Nc2ccc(CCN(C)C)cc2)n1. The van der Waals surface area contributed by atoms with Crippen LogP contribution in [-0.4, -0.2) is 41.6 Å². The molecule has 1 N–H and O–H groups in total. The van der Waals surface area contributed by atoms with Crippen LogP contribution in [0.3, 0.4) is 0 Å². The van der Waals surface area contributed by atoms with Gasteiger partial charge in [0.1, 0.15) is 6.42 Å². The molecule has 1 amide bonds. The highest BCUT2D eigenvalue weighted by molar-refractivity contribution is 5.91. The lowest BCUT2D eigenvalue weighted by atomic mass is 10.1. The Morgan fingerprint density at radius 2 is 2.04 bits per heavy atom. The topological polar surface area (TPSA) is 71.3 Å². The Labute approximate surface area is 142 Å². The van der Waals surface area contributed by atoms with E-state index in [1.807, 2.05) is 24.3 Å². The van der Waals surface area contributed by atoms with Crippen molar-refractivity contribution in [3.8, 4) is 0 Å². The van der Waals surface area contributed by atoms with Gasteiger partial charge in [-0.25, -0.2) is 0 Å². The van der Waals surface area contributed by atoms with Gasteiger partial charge >= 0.3 is 0 Å². The molecule has 0 radical (unpaired) electrons. The van der Waals surface area contributed by atoms with E-state index in [0.717, 1.165) is 30.9 Å². The molecule has 128 valence electrons. The predicted octanol–water partition coefficient (Wildman–Crippen LogP) is 2.48. The highest BCUT2D eigenvalue weighted by Crippen LogP contribution is 2.45. The lowest BCUT2D eigenvalue weighted by Crippen LogP contribution is -2.15. The van der Waals surface area contributed by atoms with Crippen molar-refractivity contribution in [3.63, 3.8) is 0 Å². The van der Waals surface area contributed by atoms with Crippen molar-refractivity contribution >= 4 is 11.6 Å². The lowest BCUT2D eigenvalue weighted by Gasteiger charge is -2.10. The van der Waals surface area contributed by atoms with Crippen molar-refractivity contribution < 1.29 is 9.32 Å². The van der Waals surface area contributed by atoms with Crippen molar-refractivity contribution in [3.05, 3.63) is 41.5 Å². The predicted molar refractivity (Wildman–Crippen MR) is 91.9 cm³/mol. The van der Waals surface area contributed by atoms with Crippen molar-refractivity contribution in [1.29, 1.82) is 0 Å². The summed E-state index contributed by atoms with van der Waals surface area (Å²) >= 11 is 0. The van der Waals surface area contributed by atoms with Gasteiger partial charge in [-0.15, -0.1) is 0 Å². The number of likely N-dealkylation sites (N-methyl/N-ethyl adjacent to an activating group) is 1. The zero-order chi connectivity index (χ0) is 17.1. The van der Waals surface area contributed by atoms with Crippen LogP contribution in [0, 0.1) is 5.92 Å². The van der Waals surface area contributed by atoms with Gasteiger partial charge in [-0.3, -0.25) is 4.79 Å². The van der Waals surface area contributed by atoms with Crippen LogP contribution in [0.15, 0.2) is 28.8 Å². The molecule has 1 aliphatic carbocycles. The lowest BCUT2D eigenvalue weighted by molar-refractivity contribution is -0.115. The maximum Gasteiger partial charge on any atom is 0.236 e. The Morgan fingerprint density at radius 1 is 1.33 bits per heavy atom. The summed E-state index contributed by atoms with van der Waals surface area (Å²) < 4.78 is 5.17. The van der Waals surface area contributed by atoms with E-state index in [2.05, 4.69) is 41.4 Å². The first-order chi connectivity index (χ1) is 11.5. The molecule has 0 bridgehead atoms. The number of hydrogen-bond donors (Lipinski definition) is 1. The number of rotatable bonds is 7. The Morgan fingerprint density at radius 3 is 2.67 bits per heavy atom. The molecule has 6 nitrogen and oxygen atoms in total. The fourth-order valence-electron chi connectivity index (χ4n) is 2.62. The minimum atomic E-state index is -0.143. The third kappa shape index (κ3) is 4.41. The van der Waals surface area contributed by atoms with Gasteiger partial charge in [0.05, 0.1) is 0 Å². The number of anilines is 1. The van der Waals surface area contributed by atoms with Gasteiger partial charge in [-0.2, -0.15) is 4.98 Å². The zero-order valence-electron chi connectivity index (χ0n) is 14.5. The first-order valence-corrected chi connectivity index (χ1v) is 8.37. The van der Waals surface area contributed by atoms with Gasteiger partial charge in [0.15, 0.2) is 5.82 Å². The molecule has 1 heterocycles. The molecule has 3 rings (SSSR count). The monoisotopic (exact) mass is 328 g/mol. The summed E-state index contributed by atoms with van der Waals surface area (Å²) in [7, 11) is 4.11. The molecule has 2 atom stereocenters. The van der Waals surface area contributed by atoms with Crippen LogP contribution in [0.25, 0.3) is 0 Å². The summed E-state index contributed by atoms with van der Waals surface area (Å²) in [5.74, 6) is 1.99. The molecular weight excluding hydrogens is 304 g/mol. The number of nitrogens with one attached hydrogen (secondary N) is 1. The average molecular weight is 328 g/mol. The Kier molecular flexibility index (Phi) is 4.94. The third-order valence-electron chi connectivity index (χ3n) is 4.32. The quantitative estimate of drug-likeness (QED) is 0.845. The van der Waals surface area contributed by atoms with E-state index >= 15 is 0 Å². The van der Waals surface area contributed by atoms with Gasteiger partial charge in [0, 0.05) is 18.2 Å². The second kappa shape index (κ2) is 7.13. The minimum absolute atomic E-state index is 0.108. The van der Waals surface area contributed by atoms with Crippen LogP contribution < -0.4 is 5.32 Å². The molecule has 0 aliphatic heterocycles. The molecule has 24 heavy (non-hydrogen) atoms. The fourth-order valence-corrected chi connectivity index (χ4v) is 2.62. The molecule has 6 heteroatoms. The molecule has 1 fully saturated rings. The molecule has 1 saturated carbocycles. The van der Waals surface area contributed by atoms with E-state index < -0.39 is 0 Å². The van der Waals surface area contributed by atoms with Gasteiger partial charge in [0.25, 0.3) is 0 Å². The first-order valence-electron chi connectivity index (χ1n) is 8.37. The van der Waals surface area contributed by atoms with E-state index in [-0.39, 0.29) is 12.3 Å². The van der Waals surface area contributed by atoms with Crippen LogP contribution in [-0.2, 0) is 17.6 Å². The summed E-state index contributed by atoms with van der Waals surface area (Å²) in [6.45, 7) is 3.17. The highest BCUT2D eigenvalue weighted by Gasteiger charge is 2.38. The van der Waals surface area contributed by atoms with Gasteiger partial charge in [-0.05, 0) is 50.6 Å². The summed E-state index contributed by atoms with van der Waals surface area (Å²) in [5.41, 5.74) is 2.03. The second-order valence-corrected chi connectivity index (χ2v) is 6.84. The van der Waals surface area contributed by atoms with Gasteiger partial charge in [-0.1, -0.05) is 24.2 Å². The number of nitrogens with zero attached hydrogens (tertiary/aromatic N) is 3. The van der Waals surface area contributed by atoms with Gasteiger partial charge in [0.2, 0.25) is 11.8 Å². The smallest absolute Gasteiger partial charge is 0.236 e. The molecule has 1 aliphatic rings. The van der Waals surface area contributed by atoms with Crippen molar-refractivity contribution in [2.75, 3.05) is 26.0 Å². The standard InChI is InChI=1S/C18H24N4O2/c1-12-10-15(12)18-20-17(24-21-18)11-16(23)19-14-6-4-13(5-7-14)8-9-22(2)3/h4-7,12,15H,8-11H2,1-3H3,(H,19,23). The van der Waals surface area contributed by atoms with Gasteiger partial charge < -0.3 is 14.7 Å². The molecule has 2 unspecified atom stereocenters. The maximum absolute atomic E-state index is 12.1. The Hall–Kier alpha value is -2.21. The number of benzene rings is 1. The van der Waals surface area contributed by atoms with Crippen LogP contribution in [0.2, 0.25) is 0 Å². The summed E-state index contributed by atoms with van der Waals surface area (Å²) in [6.07, 6.45) is 2.20. The zero-order valence-corrected chi connectivity index (χ0v) is 14.5. The Bertz CT molecular complexity index is 693. The molecule has 0 spiro atoms. The third-order valence-corrected chi connectivity index (χ3v) is 4.32. The van der Waals surface area contributed by atoms with Crippen molar-refractivity contribution in [1.82, 2.24) is 15.0 Å². The summed E-state index contributed by atoms with van der Waals surface area (Å²) in [5, 5.41) is 6.83. The van der Waals surface area contributed by atoms with Crippen LogP contribution in [0.4, 0.5) is 5.69 Å². The number of carbonyl (C=O) groups is 1. The number of carbonyl (C=O) groups excluding carboxylic acids is 1. The summed E-state index contributed by atoms with van der Waals surface area (Å²) in [4.78, 5) is 18.6. The largest absolute Gasteiger partial charge is 0.339 e. The van der Waals surface area contributed by atoms with E-state index in [9.17, 15) is 4.79 Å². The molecule has 1 aromatic heterocycles. The van der Waals surface area contributed by atoms with E-state index in [4.69, 9.17) is 4.52 Å². The van der Waals surface area contributed by atoms with Crippen LogP contribution in [0.5, 0.6) is 0 Å². The maximum atomic E-state index is 12.1. The molecule has 1 aromatic carbocycles. The average Bonchev–Trinajstić information content (AvgIpc) is 3.09. The number of hydrogen-bond acceptors (Lipinski definition) is 5. The van der Waals surface area contributed by atoms with E-state index in [0.29, 0.717) is 17.7 Å². The summed E-state index contributed by atoms with van der Waals surface area (Å²) in [6, 6.07) is 7.93. The van der Waals surface area contributed by atoms with Crippen LogP contribution in [0.1, 0.15) is 36.5 Å². The normalized spacial score (nSPS) is 19.5.